The molecule has 10 nitrogen and oxygen atoms in total. The maximum Gasteiger partial charge on any atom is 0.422 e. The Morgan fingerprint density at radius 1 is 1.28 bits per heavy atom. The first kappa shape index (κ1) is 22.9. The molecule has 0 saturated heterocycles. The molecule has 4 saturated carbocycles. The fourth-order valence-corrected chi connectivity index (χ4v) is 5.28. The minimum atomic E-state index is -4.48. The van der Waals surface area contributed by atoms with E-state index in [1.54, 1.807) is 6.07 Å². The number of nitrogens with zero attached hydrogens (tertiary/aromatic N) is 4. The Morgan fingerprint density at radius 3 is 2.81 bits per heavy atom. The van der Waals surface area contributed by atoms with E-state index in [9.17, 15) is 22.4 Å². The molecule has 0 radical (unpaired) electrons. The Kier molecular flexibility index (Phi) is 5.23. The summed E-state index contributed by atoms with van der Waals surface area (Å²) in [4.78, 5) is 20.4. The Labute approximate surface area is 201 Å². The number of fused-ring (bicyclic) bond motifs is 1. The number of aromatic amines is 1. The maximum atomic E-state index is 14.6. The monoisotopic (exact) mass is 509 g/mol. The molecule has 0 unspecified atom stereocenters. The zero-order chi connectivity index (χ0) is 25.1. The van der Waals surface area contributed by atoms with Crippen LogP contribution in [0, 0.1) is 5.92 Å². The summed E-state index contributed by atoms with van der Waals surface area (Å²) in [7, 11) is 0. The molecule has 4 fully saturated rings. The molecule has 0 aromatic carbocycles. The molecule has 3 aromatic heterocycles. The summed E-state index contributed by atoms with van der Waals surface area (Å²) in [6.07, 6.45) is -1.01. The van der Waals surface area contributed by atoms with Crippen molar-refractivity contribution in [3.63, 3.8) is 0 Å². The summed E-state index contributed by atoms with van der Waals surface area (Å²) in [5.74, 6) is 0.906. The fraction of sp³-hybridized carbons (Fsp3) is 0.545. The van der Waals surface area contributed by atoms with Crippen LogP contribution < -0.4 is 15.4 Å². The molecule has 7 rings (SSSR count). The van der Waals surface area contributed by atoms with Crippen LogP contribution in [0.3, 0.4) is 0 Å². The highest BCUT2D eigenvalue weighted by Crippen LogP contribution is 2.57. The lowest BCUT2D eigenvalue weighted by atomic mass is 9.50. The van der Waals surface area contributed by atoms with E-state index < -0.39 is 31.2 Å². The van der Waals surface area contributed by atoms with Crippen LogP contribution in [0.1, 0.15) is 43.7 Å². The first-order valence-corrected chi connectivity index (χ1v) is 11.6. The molecule has 3 heterocycles. The summed E-state index contributed by atoms with van der Waals surface area (Å²) in [5, 5.41) is 12.9. The van der Waals surface area contributed by atoms with Crippen molar-refractivity contribution < 1.29 is 31.8 Å². The number of nitrogens with one attached hydrogen (secondary N) is 3. The fourth-order valence-electron chi connectivity index (χ4n) is 5.28. The highest BCUT2D eigenvalue weighted by atomic mass is 19.4. The van der Waals surface area contributed by atoms with Crippen molar-refractivity contribution in [1.82, 2.24) is 29.9 Å². The Balaban J connectivity index is 1.09. The first-order valence-electron chi connectivity index (χ1n) is 11.6. The van der Waals surface area contributed by atoms with Gasteiger partial charge in [-0.15, -0.1) is 0 Å². The third-order valence-corrected chi connectivity index (χ3v) is 7.11. The quantitative estimate of drug-likeness (QED) is 0.412. The zero-order valence-corrected chi connectivity index (χ0v) is 18.9. The number of H-pyrrole nitrogens is 1. The molecule has 0 spiro atoms. The average Bonchev–Trinajstić information content (AvgIpc) is 3.47. The van der Waals surface area contributed by atoms with Gasteiger partial charge in [0.25, 0.3) is 0 Å². The molecule has 192 valence electrons. The van der Waals surface area contributed by atoms with Crippen LogP contribution in [-0.4, -0.2) is 61.3 Å². The summed E-state index contributed by atoms with van der Waals surface area (Å²) in [6, 6.07) is 3.21. The third-order valence-electron chi connectivity index (χ3n) is 7.11. The number of anilines is 2. The standard InChI is InChI=1S/C22H23F4N7O3/c23-13-3-12(4-15(13)36-20(34)30-21-6-11(7-21)8-21)14-5-16(32-31-14)28-19-27-2-1-17-29-18(9-33(17)19)35-10-22(24,25)26/h1-2,5,9,11-13,15H,3-4,6-8,10H2,(H,30,34)(H2,27,28,31,32)/t11?,12-,13+,15-,21?/m0/s1. The number of ether oxygens (including phenoxy) is 2. The number of carbonyl (C=O) groups excluding carboxylic acids is 1. The lowest BCUT2D eigenvalue weighted by molar-refractivity contribution is -0.154. The minimum absolute atomic E-state index is 0.132. The van der Waals surface area contributed by atoms with Crippen molar-refractivity contribution in [2.45, 2.75) is 62.0 Å². The van der Waals surface area contributed by atoms with Crippen LogP contribution in [0.5, 0.6) is 5.88 Å². The zero-order valence-electron chi connectivity index (χ0n) is 18.9. The van der Waals surface area contributed by atoms with Crippen LogP contribution in [0.15, 0.2) is 24.5 Å². The highest BCUT2D eigenvalue weighted by Gasteiger charge is 2.58. The van der Waals surface area contributed by atoms with Gasteiger partial charge in [0.1, 0.15) is 17.9 Å². The van der Waals surface area contributed by atoms with Gasteiger partial charge in [-0.25, -0.2) is 14.2 Å². The summed E-state index contributed by atoms with van der Waals surface area (Å²) in [5.41, 5.74) is 0.860. The number of amides is 1. The number of hydrogen-bond acceptors (Lipinski definition) is 7. The van der Waals surface area contributed by atoms with E-state index in [1.807, 2.05) is 0 Å². The van der Waals surface area contributed by atoms with Gasteiger partial charge in [-0.1, -0.05) is 0 Å². The largest absolute Gasteiger partial charge is 0.467 e. The van der Waals surface area contributed by atoms with Crippen LogP contribution in [0.4, 0.5) is 34.1 Å². The molecule has 2 bridgehead atoms. The third kappa shape index (κ3) is 4.39. The molecule has 3 N–H and O–H groups in total. The average molecular weight is 509 g/mol. The van der Waals surface area contributed by atoms with Crippen LogP contribution in [0.25, 0.3) is 5.65 Å². The van der Waals surface area contributed by atoms with Gasteiger partial charge >= 0.3 is 12.3 Å². The molecule has 14 heteroatoms. The molecule has 0 aliphatic heterocycles. The van der Waals surface area contributed by atoms with Gasteiger partial charge in [0.05, 0.1) is 6.20 Å². The van der Waals surface area contributed by atoms with E-state index in [1.165, 1.54) is 22.9 Å². The van der Waals surface area contributed by atoms with E-state index in [2.05, 4.69) is 30.8 Å². The predicted octanol–water partition coefficient (Wildman–Crippen LogP) is 4.00. The van der Waals surface area contributed by atoms with Gasteiger partial charge in [-0.05, 0) is 44.1 Å². The predicted molar refractivity (Wildman–Crippen MR) is 117 cm³/mol. The van der Waals surface area contributed by atoms with Gasteiger partial charge in [0.15, 0.2) is 12.4 Å². The number of aromatic nitrogens is 5. The molecule has 4 aliphatic carbocycles. The molecular weight excluding hydrogens is 486 g/mol. The molecule has 3 aromatic rings. The second-order valence-corrected chi connectivity index (χ2v) is 9.82. The van der Waals surface area contributed by atoms with Crippen molar-refractivity contribution in [3.05, 3.63) is 30.2 Å². The van der Waals surface area contributed by atoms with Crippen molar-refractivity contribution in [2.75, 3.05) is 11.9 Å². The Bertz CT molecular complexity index is 1280. The van der Waals surface area contributed by atoms with Gasteiger partial charge < -0.3 is 20.1 Å². The normalized spacial score (nSPS) is 28.9. The van der Waals surface area contributed by atoms with Crippen LogP contribution in [-0.2, 0) is 4.74 Å². The minimum Gasteiger partial charge on any atom is -0.467 e. The number of alkyl carbamates (subject to hydrolysis) is 1. The Morgan fingerprint density at radius 2 is 2.08 bits per heavy atom. The summed E-state index contributed by atoms with van der Waals surface area (Å²) >= 11 is 0. The smallest absolute Gasteiger partial charge is 0.422 e. The first-order chi connectivity index (χ1) is 17.1. The molecule has 1 amide bonds. The van der Waals surface area contributed by atoms with Gasteiger partial charge in [0.2, 0.25) is 11.8 Å². The van der Waals surface area contributed by atoms with E-state index >= 15 is 0 Å². The maximum absolute atomic E-state index is 14.6. The number of alkyl halides is 4. The summed E-state index contributed by atoms with van der Waals surface area (Å²) < 4.78 is 63.5. The van der Waals surface area contributed by atoms with Crippen LogP contribution in [0.2, 0.25) is 0 Å². The van der Waals surface area contributed by atoms with Gasteiger partial charge in [0, 0.05) is 29.4 Å². The van der Waals surface area contributed by atoms with E-state index in [4.69, 9.17) is 9.47 Å². The topological polar surface area (TPSA) is 118 Å². The van der Waals surface area contributed by atoms with Gasteiger partial charge in [-0.3, -0.25) is 9.50 Å². The number of halogens is 4. The SMILES string of the molecule is O=C(NC12CC(C1)C2)O[C@H]1C[C@@H](c2cc(Nc3nccc4nc(OCC(F)(F)F)cn34)n[nH]2)C[C@H]1F. The number of carbonyl (C=O) groups is 1. The molecule has 36 heavy (non-hydrogen) atoms. The Hall–Kier alpha value is -3.58. The lowest BCUT2D eigenvalue weighted by Gasteiger charge is -2.61. The van der Waals surface area contributed by atoms with E-state index in [0.29, 0.717) is 29.5 Å². The van der Waals surface area contributed by atoms with Crippen molar-refractivity contribution in [1.29, 1.82) is 0 Å². The molecular formula is C22H23F4N7O3. The van der Waals surface area contributed by atoms with E-state index in [0.717, 1.165) is 19.3 Å². The van der Waals surface area contributed by atoms with Crippen molar-refractivity contribution in [2.24, 2.45) is 5.92 Å². The van der Waals surface area contributed by atoms with E-state index in [-0.39, 0.29) is 29.7 Å². The lowest BCUT2D eigenvalue weighted by Crippen LogP contribution is -2.68. The molecule has 3 atom stereocenters. The second kappa shape index (κ2) is 8.23. The second-order valence-electron chi connectivity index (χ2n) is 9.82. The molecule has 4 aliphatic rings. The van der Waals surface area contributed by atoms with Crippen molar-refractivity contribution >= 4 is 23.5 Å². The number of hydrogen-bond donors (Lipinski definition) is 3. The number of imidazole rings is 1. The van der Waals surface area contributed by atoms with Crippen LogP contribution >= 0.6 is 0 Å². The summed E-state index contributed by atoms with van der Waals surface area (Å²) in [6.45, 7) is -1.46. The highest BCUT2D eigenvalue weighted by molar-refractivity contribution is 5.69. The number of rotatable bonds is 7. The van der Waals surface area contributed by atoms with Crippen molar-refractivity contribution in [3.8, 4) is 5.88 Å². The van der Waals surface area contributed by atoms with Gasteiger partial charge in [-0.2, -0.15) is 23.3 Å².